The van der Waals surface area contributed by atoms with Gasteiger partial charge >= 0.3 is 6.03 Å². The third kappa shape index (κ3) is 3.90. The summed E-state index contributed by atoms with van der Waals surface area (Å²) in [7, 11) is 0. The molecule has 0 radical (unpaired) electrons. The number of amides is 2. The van der Waals surface area contributed by atoms with Gasteiger partial charge in [0, 0.05) is 30.9 Å². The molecule has 0 aliphatic carbocycles. The van der Waals surface area contributed by atoms with Crippen molar-refractivity contribution in [3.63, 3.8) is 0 Å². The number of hydrogen-bond donors (Lipinski definition) is 2. The third-order valence-corrected chi connectivity index (χ3v) is 3.93. The molecule has 2 amide bonds. The van der Waals surface area contributed by atoms with Crippen LogP contribution in [0.15, 0.2) is 42.6 Å². The summed E-state index contributed by atoms with van der Waals surface area (Å²) in [5.74, 6) is 0.564. The lowest BCUT2D eigenvalue weighted by atomic mass is 10.1. The number of rotatable bonds is 2. The van der Waals surface area contributed by atoms with Crippen molar-refractivity contribution < 1.29 is 4.79 Å². The van der Waals surface area contributed by atoms with Gasteiger partial charge < -0.3 is 10.2 Å². The molecule has 1 saturated heterocycles. The molecule has 0 saturated carbocycles. The first-order chi connectivity index (χ1) is 11.0. The maximum Gasteiger partial charge on any atom is 0.323 e. The Labute approximate surface area is 136 Å². The predicted octanol–water partition coefficient (Wildman–Crippen LogP) is 2.48. The van der Waals surface area contributed by atoms with Crippen LogP contribution in [0.3, 0.4) is 0 Å². The minimum Gasteiger partial charge on any atom is -0.323 e. The molecule has 2 aromatic rings. The summed E-state index contributed by atoms with van der Waals surface area (Å²) in [6, 6.07) is 11.5. The standard InChI is InChI=1S/C17H23N5O/c1-17(2)13-21(11-6-10-18-17)16(23)19-15-9-12-22(20-15)14-7-4-3-5-8-14/h3-5,7-9,12,18H,6,10-11,13H2,1-2H3,(H,19,20,23). The maximum absolute atomic E-state index is 12.5. The van der Waals surface area contributed by atoms with Gasteiger partial charge in [0.05, 0.1) is 5.69 Å². The summed E-state index contributed by atoms with van der Waals surface area (Å²) in [5, 5.41) is 10.8. The number of anilines is 1. The molecule has 122 valence electrons. The Morgan fingerprint density at radius 2 is 2.04 bits per heavy atom. The van der Waals surface area contributed by atoms with E-state index in [1.807, 2.05) is 47.5 Å². The first-order valence-electron chi connectivity index (χ1n) is 7.96. The van der Waals surface area contributed by atoms with Crippen LogP contribution in [-0.4, -0.2) is 45.9 Å². The van der Waals surface area contributed by atoms with Gasteiger partial charge in [0.2, 0.25) is 0 Å². The minimum absolute atomic E-state index is 0.0722. The van der Waals surface area contributed by atoms with Crippen molar-refractivity contribution in [3.8, 4) is 5.69 Å². The summed E-state index contributed by atoms with van der Waals surface area (Å²) in [5.41, 5.74) is 0.894. The molecule has 1 fully saturated rings. The summed E-state index contributed by atoms with van der Waals surface area (Å²) >= 11 is 0. The van der Waals surface area contributed by atoms with Crippen molar-refractivity contribution >= 4 is 11.8 Å². The second-order valence-corrected chi connectivity index (χ2v) is 6.50. The van der Waals surface area contributed by atoms with Gasteiger partial charge in [-0.05, 0) is 38.9 Å². The van der Waals surface area contributed by atoms with Gasteiger partial charge in [-0.3, -0.25) is 5.32 Å². The Balaban J connectivity index is 1.67. The van der Waals surface area contributed by atoms with Crippen LogP contribution in [0.4, 0.5) is 10.6 Å². The SMILES string of the molecule is CC1(C)CN(C(=O)Nc2ccn(-c3ccccc3)n2)CCCN1. The second-order valence-electron chi connectivity index (χ2n) is 6.50. The van der Waals surface area contributed by atoms with Gasteiger partial charge in [-0.15, -0.1) is 5.10 Å². The molecule has 1 aliphatic rings. The van der Waals surface area contributed by atoms with Crippen LogP contribution in [0.1, 0.15) is 20.3 Å². The molecule has 6 nitrogen and oxygen atoms in total. The van der Waals surface area contributed by atoms with E-state index >= 15 is 0 Å². The molecule has 0 unspecified atom stereocenters. The average molecular weight is 313 g/mol. The normalized spacial score (nSPS) is 17.6. The fourth-order valence-corrected chi connectivity index (χ4v) is 2.79. The zero-order valence-corrected chi connectivity index (χ0v) is 13.6. The van der Waals surface area contributed by atoms with Crippen molar-refractivity contribution in [2.75, 3.05) is 25.0 Å². The third-order valence-electron chi connectivity index (χ3n) is 3.93. The van der Waals surface area contributed by atoms with Crippen LogP contribution >= 0.6 is 0 Å². The van der Waals surface area contributed by atoms with Crippen molar-refractivity contribution in [1.82, 2.24) is 20.0 Å². The number of nitrogens with one attached hydrogen (secondary N) is 2. The van der Waals surface area contributed by atoms with Gasteiger partial charge in [0.25, 0.3) is 0 Å². The number of carbonyl (C=O) groups excluding carboxylic acids is 1. The number of benzene rings is 1. The van der Waals surface area contributed by atoms with Crippen LogP contribution in [0.2, 0.25) is 0 Å². The zero-order valence-electron chi connectivity index (χ0n) is 13.6. The highest BCUT2D eigenvalue weighted by molar-refractivity contribution is 5.88. The summed E-state index contributed by atoms with van der Waals surface area (Å²) < 4.78 is 1.75. The predicted molar refractivity (Wildman–Crippen MR) is 90.9 cm³/mol. The number of carbonyl (C=O) groups is 1. The topological polar surface area (TPSA) is 62.2 Å². The van der Waals surface area contributed by atoms with Crippen molar-refractivity contribution in [2.45, 2.75) is 25.8 Å². The molecule has 1 aromatic carbocycles. The van der Waals surface area contributed by atoms with E-state index in [0.29, 0.717) is 12.4 Å². The molecular formula is C17H23N5O. The number of nitrogens with zero attached hydrogens (tertiary/aromatic N) is 3. The fourth-order valence-electron chi connectivity index (χ4n) is 2.79. The number of urea groups is 1. The fraction of sp³-hybridized carbons (Fsp3) is 0.412. The smallest absolute Gasteiger partial charge is 0.323 e. The van der Waals surface area contributed by atoms with Crippen molar-refractivity contribution in [3.05, 3.63) is 42.6 Å². The molecule has 3 rings (SSSR count). The second kappa shape index (κ2) is 6.42. The lowest BCUT2D eigenvalue weighted by Crippen LogP contribution is -2.49. The minimum atomic E-state index is -0.0971. The van der Waals surface area contributed by atoms with Crippen molar-refractivity contribution in [2.24, 2.45) is 0 Å². The van der Waals surface area contributed by atoms with Crippen molar-refractivity contribution in [1.29, 1.82) is 0 Å². The largest absolute Gasteiger partial charge is 0.323 e. The highest BCUT2D eigenvalue weighted by Crippen LogP contribution is 2.14. The van der Waals surface area contributed by atoms with E-state index in [4.69, 9.17) is 0 Å². The van der Waals surface area contributed by atoms with E-state index in [9.17, 15) is 4.79 Å². The Hall–Kier alpha value is -2.34. The molecule has 2 heterocycles. The zero-order chi connectivity index (χ0) is 16.3. The molecule has 1 aliphatic heterocycles. The van der Waals surface area contributed by atoms with Crippen LogP contribution in [0.5, 0.6) is 0 Å². The molecule has 23 heavy (non-hydrogen) atoms. The van der Waals surface area contributed by atoms with Crippen LogP contribution < -0.4 is 10.6 Å². The van der Waals surface area contributed by atoms with Gasteiger partial charge in [0.15, 0.2) is 5.82 Å². The molecule has 0 atom stereocenters. The molecule has 0 bridgehead atoms. The number of aromatic nitrogens is 2. The lowest BCUT2D eigenvalue weighted by Gasteiger charge is -2.29. The van der Waals surface area contributed by atoms with E-state index in [1.165, 1.54) is 0 Å². The van der Waals surface area contributed by atoms with Gasteiger partial charge in [-0.1, -0.05) is 18.2 Å². The number of hydrogen-bond acceptors (Lipinski definition) is 3. The number of para-hydroxylation sites is 1. The van der Waals surface area contributed by atoms with Gasteiger partial charge in [-0.25, -0.2) is 9.48 Å². The summed E-state index contributed by atoms with van der Waals surface area (Å²) in [6.07, 6.45) is 2.80. The molecule has 6 heteroatoms. The highest BCUT2D eigenvalue weighted by atomic mass is 16.2. The molecule has 0 spiro atoms. The average Bonchev–Trinajstić information content (AvgIpc) is 2.91. The van der Waals surface area contributed by atoms with Gasteiger partial charge in [-0.2, -0.15) is 0 Å². The van der Waals surface area contributed by atoms with E-state index in [-0.39, 0.29) is 11.6 Å². The van der Waals surface area contributed by atoms with E-state index in [0.717, 1.165) is 25.2 Å². The Bertz CT molecular complexity index is 665. The monoisotopic (exact) mass is 313 g/mol. The highest BCUT2D eigenvalue weighted by Gasteiger charge is 2.27. The van der Waals surface area contributed by atoms with Crippen LogP contribution in [0.25, 0.3) is 5.69 Å². The Morgan fingerprint density at radius 3 is 2.83 bits per heavy atom. The summed E-state index contributed by atoms with van der Waals surface area (Å²) in [6.45, 7) is 6.59. The first-order valence-corrected chi connectivity index (χ1v) is 7.96. The molecular weight excluding hydrogens is 290 g/mol. The maximum atomic E-state index is 12.5. The molecule has 1 aromatic heterocycles. The van der Waals surface area contributed by atoms with E-state index < -0.39 is 0 Å². The Kier molecular flexibility index (Phi) is 4.34. The van der Waals surface area contributed by atoms with E-state index in [1.54, 1.807) is 4.68 Å². The lowest BCUT2D eigenvalue weighted by molar-refractivity contribution is 0.201. The summed E-state index contributed by atoms with van der Waals surface area (Å²) in [4.78, 5) is 14.3. The van der Waals surface area contributed by atoms with Gasteiger partial charge in [0.1, 0.15) is 0 Å². The van der Waals surface area contributed by atoms with Crippen LogP contribution in [-0.2, 0) is 0 Å². The Morgan fingerprint density at radius 1 is 1.26 bits per heavy atom. The quantitative estimate of drug-likeness (QED) is 0.895. The first kappa shape index (κ1) is 15.6. The van der Waals surface area contributed by atoms with E-state index in [2.05, 4.69) is 29.6 Å². The molecule has 2 N–H and O–H groups in total. The van der Waals surface area contributed by atoms with Crippen LogP contribution in [0, 0.1) is 0 Å².